The molecule has 2 unspecified atom stereocenters. The first-order chi connectivity index (χ1) is 14.2. The summed E-state index contributed by atoms with van der Waals surface area (Å²) in [5, 5.41) is 10.6. The van der Waals surface area contributed by atoms with Crippen LogP contribution in [-0.2, 0) is 6.42 Å². The van der Waals surface area contributed by atoms with E-state index in [0.717, 1.165) is 25.2 Å². The van der Waals surface area contributed by atoms with Gasteiger partial charge < -0.3 is 15.2 Å². The summed E-state index contributed by atoms with van der Waals surface area (Å²) < 4.78 is 5.59. The van der Waals surface area contributed by atoms with Gasteiger partial charge >= 0.3 is 0 Å². The van der Waals surface area contributed by atoms with Gasteiger partial charge in [-0.2, -0.15) is 4.98 Å². The third-order valence-corrected chi connectivity index (χ3v) is 5.07. The molecule has 1 aliphatic rings. The maximum absolute atomic E-state index is 12.7. The molecular formula is C21H25ClN6O2. The molecule has 0 bridgehead atoms. The number of aromatic nitrogens is 3. The average molecular weight is 429 g/mol. The quantitative estimate of drug-likeness (QED) is 0.621. The number of carbonyl (C=O) groups excluding carboxylic acids is 1. The topological polar surface area (TPSA) is 96.2 Å². The Labute approximate surface area is 181 Å². The van der Waals surface area contributed by atoms with Crippen LogP contribution in [-0.4, -0.2) is 52.6 Å². The summed E-state index contributed by atoms with van der Waals surface area (Å²) in [4.78, 5) is 23.7. The monoisotopic (exact) mass is 428 g/mol. The van der Waals surface area contributed by atoms with E-state index >= 15 is 0 Å². The van der Waals surface area contributed by atoms with Crippen molar-refractivity contribution in [3.05, 3.63) is 77.7 Å². The highest BCUT2D eigenvalue weighted by atomic mass is 35.5. The molecule has 2 atom stereocenters. The lowest BCUT2D eigenvalue weighted by molar-refractivity contribution is 0.0928. The van der Waals surface area contributed by atoms with Crippen molar-refractivity contribution in [2.45, 2.75) is 18.5 Å². The van der Waals surface area contributed by atoms with Crippen LogP contribution in [0.1, 0.15) is 39.7 Å². The molecule has 3 heterocycles. The van der Waals surface area contributed by atoms with Gasteiger partial charge in [-0.05, 0) is 30.8 Å². The number of pyridine rings is 1. The minimum Gasteiger partial charge on any atom is -0.340 e. The van der Waals surface area contributed by atoms with Crippen LogP contribution >= 0.6 is 12.4 Å². The summed E-state index contributed by atoms with van der Waals surface area (Å²) in [6.07, 6.45) is 4.00. The van der Waals surface area contributed by atoms with Crippen molar-refractivity contribution in [1.82, 2.24) is 30.7 Å². The molecular weight excluding hydrogens is 404 g/mol. The van der Waals surface area contributed by atoms with E-state index in [4.69, 9.17) is 4.52 Å². The van der Waals surface area contributed by atoms with Crippen LogP contribution in [0.5, 0.6) is 0 Å². The van der Waals surface area contributed by atoms with Crippen molar-refractivity contribution in [1.29, 1.82) is 0 Å². The molecule has 0 radical (unpaired) electrons. The number of hydrogen-bond donors (Lipinski definition) is 2. The molecule has 1 amide bonds. The van der Waals surface area contributed by atoms with Crippen LogP contribution in [0, 0.1) is 0 Å². The van der Waals surface area contributed by atoms with Gasteiger partial charge in [0.2, 0.25) is 5.89 Å². The summed E-state index contributed by atoms with van der Waals surface area (Å²) in [6, 6.07) is 12.5. The Balaban J connectivity index is 0.00000256. The maximum Gasteiger partial charge on any atom is 0.251 e. The van der Waals surface area contributed by atoms with Gasteiger partial charge in [0.1, 0.15) is 6.04 Å². The van der Waals surface area contributed by atoms with Crippen LogP contribution in [0.3, 0.4) is 0 Å². The minimum absolute atomic E-state index is 0. The normalized spacial score (nSPS) is 17.7. The standard InChI is InChI=1S/C21H24N6O2.ClH/c1-27-11-10-23-14-18(27)19-25-21(29-26-19)17(12-15-6-5-9-22-13-15)24-20(28)16-7-3-2-4-8-16;/h2-9,13,17-18,23H,10-12,14H2,1H3,(H,24,28);1H. The van der Waals surface area contributed by atoms with Gasteiger partial charge in [-0.15, -0.1) is 12.4 Å². The highest BCUT2D eigenvalue weighted by molar-refractivity contribution is 5.94. The summed E-state index contributed by atoms with van der Waals surface area (Å²) in [7, 11) is 2.05. The van der Waals surface area contributed by atoms with E-state index in [2.05, 4.69) is 30.7 Å². The van der Waals surface area contributed by atoms with Gasteiger partial charge in [-0.25, -0.2) is 0 Å². The number of amides is 1. The predicted octanol–water partition coefficient (Wildman–Crippen LogP) is 2.18. The van der Waals surface area contributed by atoms with Gasteiger partial charge in [0.25, 0.3) is 5.91 Å². The van der Waals surface area contributed by atoms with Gasteiger partial charge in [0.05, 0.1) is 6.04 Å². The Morgan fingerprint density at radius 2 is 2.13 bits per heavy atom. The van der Waals surface area contributed by atoms with Gasteiger partial charge in [-0.3, -0.25) is 14.7 Å². The minimum atomic E-state index is -0.449. The highest BCUT2D eigenvalue weighted by Crippen LogP contribution is 2.22. The molecule has 158 valence electrons. The number of hydrogen-bond acceptors (Lipinski definition) is 7. The van der Waals surface area contributed by atoms with Crippen molar-refractivity contribution in [3.63, 3.8) is 0 Å². The van der Waals surface area contributed by atoms with Crippen LogP contribution in [0.4, 0.5) is 0 Å². The SMILES string of the molecule is CN1CCNCC1c1noc(C(Cc2cccnc2)NC(=O)c2ccccc2)n1.Cl. The molecule has 3 aromatic rings. The first-order valence-electron chi connectivity index (χ1n) is 9.70. The number of likely N-dealkylation sites (N-methyl/N-ethyl adjacent to an activating group) is 1. The number of nitrogens with one attached hydrogen (secondary N) is 2. The lowest BCUT2D eigenvalue weighted by atomic mass is 10.1. The summed E-state index contributed by atoms with van der Waals surface area (Å²) in [5.41, 5.74) is 1.56. The smallest absolute Gasteiger partial charge is 0.251 e. The average Bonchev–Trinajstić information content (AvgIpc) is 3.25. The highest BCUT2D eigenvalue weighted by Gasteiger charge is 2.28. The molecule has 1 aliphatic heterocycles. The Bertz CT molecular complexity index is 937. The number of nitrogens with zero attached hydrogens (tertiary/aromatic N) is 4. The summed E-state index contributed by atoms with van der Waals surface area (Å²) >= 11 is 0. The second-order valence-corrected chi connectivity index (χ2v) is 7.15. The second kappa shape index (κ2) is 10.3. The Kier molecular flexibility index (Phi) is 7.51. The van der Waals surface area contributed by atoms with Crippen molar-refractivity contribution < 1.29 is 9.32 Å². The Morgan fingerprint density at radius 3 is 2.87 bits per heavy atom. The van der Waals surface area contributed by atoms with E-state index < -0.39 is 6.04 Å². The molecule has 9 heteroatoms. The van der Waals surface area contributed by atoms with E-state index in [1.54, 1.807) is 24.5 Å². The van der Waals surface area contributed by atoms with E-state index in [9.17, 15) is 4.79 Å². The second-order valence-electron chi connectivity index (χ2n) is 7.15. The summed E-state index contributed by atoms with van der Waals surface area (Å²) in [6.45, 7) is 2.62. The van der Waals surface area contributed by atoms with Crippen LogP contribution in [0.2, 0.25) is 0 Å². The lowest BCUT2D eigenvalue weighted by Crippen LogP contribution is -2.44. The molecule has 2 N–H and O–H groups in total. The van der Waals surface area contributed by atoms with Crippen molar-refractivity contribution >= 4 is 18.3 Å². The number of rotatable bonds is 6. The molecule has 4 rings (SSSR count). The van der Waals surface area contributed by atoms with Crippen LogP contribution in [0.25, 0.3) is 0 Å². The Morgan fingerprint density at radius 1 is 1.30 bits per heavy atom. The molecule has 8 nitrogen and oxygen atoms in total. The third kappa shape index (κ3) is 5.21. The number of halogens is 1. The third-order valence-electron chi connectivity index (χ3n) is 5.07. The zero-order chi connectivity index (χ0) is 20.1. The first-order valence-corrected chi connectivity index (χ1v) is 9.70. The lowest BCUT2D eigenvalue weighted by Gasteiger charge is -2.30. The molecule has 0 aliphatic carbocycles. The van der Waals surface area contributed by atoms with Crippen molar-refractivity contribution in [2.24, 2.45) is 0 Å². The predicted molar refractivity (Wildman–Crippen MR) is 114 cm³/mol. The van der Waals surface area contributed by atoms with E-state index in [1.165, 1.54) is 0 Å². The van der Waals surface area contributed by atoms with Crippen molar-refractivity contribution in [2.75, 3.05) is 26.7 Å². The Hall–Kier alpha value is -2.81. The number of benzene rings is 1. The summed E-state index contributed by atoms with van der Waals surface area (Å²) in [5.74, 6) is 0.836. The zero-order valence-electron chi connectivity index (χ0n) is 16.7. The van der Waals surface area contributed by atoms with Crippen LogP contribution in [0.15, 0.2) is 59.4 Å². The molecule has 30 heavy (non-hydrogen) atoms. The molecule has 1 aromatic carbocycles. The fourth-order valence-electron chi connectivity index (χ4n) is 3.40. The fraction of sp³-hybridized carbons (Fsp3) is 0.333. The molecule has 2 aromatic heterocycles. The van der Waals surface area contributed by atoms with E-state index in [1.807, 2.05) is 37.4 Å². The van der Waals surface area contributed by atoms with Gasteiger partial charge in [0.15, 0.2) is 5.82 Å². The number of carbonyl (C=O) groups is 1. The molecule has 1 fully saturated rings. The zero-order valence-corrected chi connectivity index (χ0v) is 17.5. The van der Waals surface area contributed by atoms with Gasteiger partial charge in [-0.1, -0.05) is 29.4 Å². The molecule has 0 saturated carbocycles. The van der Waals surface area contributed by atoms with E-state index in [-0.39, 0.29) is 24.4 Å². The fourth-order valence-corrected chi connectivity index (χ4v) is 3.40. The van der Waals surface area contributed by atoms with Crippen LogP contribution < -0.4 is 10.6 Å². The maximum atomic E-state index is 12.7. The van der Waals surface area contributed by atoms with Crippen molar-refractivity contribution in [3.8, 4) is 0 Å². The van der Waals surface area contributed by atoms with Gasteiger partial charge in [0, 0.05) is 44.0 Å². The first kappa shape index (κ1) is 21.9. The molecule has 1 saturated heterocycles. The van der Waals surface area contributed by atoms with E-state index in [0.29, 0.717) is 23.7 Å². The number of piperazine rings is 1. The molecule has 0 spiro atoms. The largest absolute Gasteiger partial charge is 0.340 e.